The van der Waals surface area contributed by atoms with Gasteiger partial charge in [-0.15, -0.1) is 0 Å². The number of aromatic amines is 1. The zero-order valence-electron chi connectivity index (χ0n) is 12.3. The van der Waals surface area contributed by atoms with Gasteiger partial charge in [0.25, 0.3) is 0 Å². The normalized spacial score (nSPS) is 11.5. The Morgan fingerprint density at radius 3 is 2.70 bits per heavy atom. The van der Waals surface area contributed by atoms with Gasteiger partial charge in [0.05, 0.1) is 16.7 Å². The Balaban J connectivity index is 1.84. The minimum Gasteiger partial charge on any atom is -0.353 e. The van der Waals surface area contributed by atoms with E-state index in [-0.39, 0.29) is 0 Å². The molecule has 0 atom stereocenters. The average Bonchev–Trinajstić information content (AvgIpc) is 3.00. The Labute approximate surface area is 132 Å². The fourth-order valence-corrected chi connectivity index (χ4v) is 3.22. The van der Waals surface area contributed by atoms with Gasteiger partial charge >= 0.3 is 0 Å². The molecule has 1 N–H and O–H groups in total. The predicted octanol–water partition coefficient (Wildman–Crippen LogP) is 4.93. The molecule has 2 aromatic carbocycles. The quantitative estimate of drug-likeness (QED) is 0.476. The molecule has 0 radical (unpaired) electrons. The van der Waals surface area contributed by atoms with Crippen molar-refractivity contribution in [2.45, 2.75) is 0 Å². The molecule has 0 aliphatic carbocycles. The number of pyridine rings is 2. The van der Waals surface area contributed by atoms with Crippen LogP contribution in [0.5, 0.6) is 0 Å². The summed E-state index contributed by atoms with van der Waals surface area (Å²) in [5, 5.41) is 3.56. The molecule has 3 aromatic heterocycles. The summed E-state index contributed by atoms with van der Waals surface area (Å²) in [4.78, 5) is 12.5. The molecule has 3 nitrogen and oxygen atoms in total. The van der Waals surface area contributed by atoms with E-state index in [1.54, 1.807) is 0 Å². The van der Waals surface area contributed by atoms with E-state index >= 15 is 0 Å². The Morgan fingerprint density at radius 2 is 1.70 bits per heavy atom. The van der Waals surface area contributed by atoms with E-state index in [2.05, 4.69) is 57.4 Å². The number of para-hydroxylation sites is 1. The van der Waals surface area contributed by atoms with Crippen molar-refractivity contribution in [3.63, 3.8) is 0 Å². The van der Waals surface area contributed by atoms with Crippen LogP contribution in [0.25, 0.3) is 44.0 Å². The van der Waals surface area contributed by atoms with Crippen molar-refractivity contribution in [2.75, 3.05) is 0 Å². The van der Waals surface area contributed by atoms with E-state index in [0.717, 1.165) is 33.2 Å². The lowest BCUT2D eigenvalue weighted by atomic mass is 10.1. The standard InChI is InChI=1S/C20H13N3/c1-2-6-18-15(5-1)16-9-11-22-19(20(16)23-18)14-7-8-17-13(12-14)4-3-10-21-17/h1-12,23H. The van der Waals surface area contributed by atoms with Gasteiger partial charge in [-0.25, -0.2) is 0 Å². The largest absolute Gasteiger partial charge is 0.353 e. The van der Waals surface area contributed by atoms with Crippen LogP contribution in [0.15, 0.2) is 73.1 Å². The van der Waals surface area contributed by atoms with Gasteiger partial charge in [-0.05, 0) is 30.3 Å². The van der Waals surface area contributed by atoms with Crippen molar-refractivity contribution in [3.05, 3.63) is 73.1 Å². The van der Waals surface area contributed by atoms with Crippen LogP contribution >= 0.6 is 0 Å². The molecular weight excluding hydrogens is 282 g/mol. The molecule has 5 aromatic rings. The lowest BCUT2D eigenvalue weighted by Crippen LogP contribution is -1.86. The highest BCUT2D eigenvalue weighted by Gasteiger charge is 2.10. The number of benzene rings is 2. The number of nitrogens with zero attached hydrogens (tertiary/aromatic N) is 2. The van der Waals surface area contributed by atoms with Crippen LogP contribution in [-0.4, -0.2) is 15.0 Å². The fourth-order valence-electron chi connectivity index (χ4n) is 3.22. The minimum absolute atomic E-state index is 0.976. The second kappa shape index (κ2) is 4.65. The van der Waals surface area contributed by atoms with E-state index in [0.29, 0.717) is 0 Å². The van der Waals surface area contributed by atoms with Crippen molar-refractivity contribution >= 4 is 32.7 Å². The molecule has 0 aliphatic heterocycles. The first-order valence-corrected chi connectivity index (χ1v) is 7.61. The number of nitrogens with one attached hydrogen (secondary N) is 1. The highest BCUT2D eigenvalue weighted by Crippen LogP contribution is 2.32. The SMILES string of the molecule is c1cnc2ccc(-c3nccc4c3[nH]c3ccccc34)cc2c1. The number of fused-ring (bicyclic) bond motifs is 4. The highest BCUT2D eigenvalue weighted by atomic mass is 14.8. The van der Waals surface area contributed by atoms with Gasteiger partial charge in [0.1, 0.15) is 0 Å². The van der Waals surface area contributed by atoms with Crippen LogP contribution in [0.2, 0.25) is 0 Å². The molecule has 0 bridgehead atoms. The predicted molar refractivity (Wildman–Crippen MR) is 94.3 cm³/mol. The molecule has 108 valence electrons. The molecule has 0 spiro atoms. The first-order chi connectivity index (χ1) is 11.4. The topological polar surface area (TPSA) is 41.6 Å². The fraction of sp³-hybridized carbons (Fsp3) is 0. The van der Waals surface area contributed by atoms with Gasteiger partial charge in [-0.2, -0.15) is 0 Å². The van der Waals surface area contributed by atoms with Gasteiger partial charge in [-0.1, -0.05) is 30.3 Å². The number of hydrogen-bond donors (Lipinski definition) is 1. The van der Waals surface area contributed by atoms with Crippen LogP contribution in [0.3, 0.4) is 0 Å². The molecule has 3 heterocycles. The Bertz CT molecular complexity index is 1170. The van der Waals surface area contributed by atoms with Crippen molar-refractivity contribution < 1.29 is 0 Å². The third kappa shape index (κ3) is 1.83. The first-order valence-electron chi connectivity index (χ1n) is 7.61. The van der Waals surface area contributed by atoms with Crippen molar-refractivity contribution in [1.29, 1.82) is 0 Å². The van der Waals surface area contributed by atoms with Gasteiger partial charge in [0.15, 0.2) is 0 Å². The van der Waals surface area contributed by atoms with Gasteiger partial charge in [-0.3, -0.25) is 9.97 Å². The Kier molecular flexibility index (Phi) is 2.50. The molecular formula is C20H13N3. The second-order valence-electron chi connectivity index (χ2n) is 5.66. The summed E-state index contributed by atoms with van der Waals surface area (Å²) in [5.41, 5.74) is 5.29. The summed E-state index contributed by atoms with van der Waals surface area (Å²) < 4.78 is 0. The Hall–Kier alpha value is -3.20. The third-order valence-corrected chi connectivity index (χ3v) is 4.30. The molecule has 0 amide bonds. The number of aromatic nitrogens is 3. The smallest absolute Gasteiger partial charge is 0.0943 e. The van der Waals surface area contributed by atoms with E-state index in [9.17, 15) is 0 Å². The molecule has 0 unspecified atom stereocenters. The minimum atomic E-state index is 0.976. The maximum Gasteiger partial charge on any atom is 0.0943 e. The van der Waals surface area contributed by atoms with Crippen LogP contribution < -0.4 is 0 Å². The number of H-pyrrole nitrogens is 1. The summed E-state index contributed by atoms with van der Waals surface area (Å²) in [6.07, 6.45) is 3.70. The van der Waals surface area contributed by atoms with Gasteiger partial charge in [0.2, 0.25) is 0 Å². The molecule has 0 aliphatic rings. The summed E-state index contributed by atoms with van der Waals surface area (Å²) in [6, 6.07) is 20.8. The van der Waals surface area contributed by atoms with E-state index in [1.807, 2.05) is 30.6 Å². The molecule has 0 fully saturated rings. The first kappa shape index (κ1) is 12.4. The van der Waals surface area contributed by atoms with Crippen molar-refractivity contribution in [3.8, 4) is 11.3 Å². The zero-order valence-corrected chi connectivity index (χ0v) is 12.3. The Morgan fingerprint density at radius 1 is 0.739 bits per heavy atom. The highest BCUT2D eigenvalue weighted by molar-refractivity contribution is 6.11. The van der Waals surface area contributed by atoms with Crippen LogP contribution in [0.4, 0.5) is 0 Å². The summed E-state index contributed by atoms with van der Waals surface area (Å²) in [7, 11) is 0. The second-order valence-corrected chi connectivity index (χ2v) is 5.66. The molecule has 3 heteroatoms. The van der Waals surface area contributed by atoms with Crippen molar-refractivity contribution in [2.24, 2.45) is 0 Å². The molecule has 0 saturated carbocycles. The third-order valence-electron chi connectivity index (χ3n) is 4.30. The summed E-state index contributed by atoms with van der Waals surface area (Å²) in [5.74, 6) is 0. The molecule has 5 rings (SSSR count). The average molecular weight is 295 g/mol. The summed E-state index contributed by atoms with van der Waals surface area (Å²) in [6.45, 7) is 0. The van der Waals surface area contributed by atoms with Gasteiger partial charge < -0.3 is 4.98 Å². The van der Waals surface area contributed by atoms with Crippen LogP contribution in [0.1, 0.15) is 0 Å². The number of rotatable bonds is 1. The lowest BCUT2D eigenvalue weighted by Gasteiger charge is -2.04. The molecule has 23 heavy (non-hydrogen) atoms. The van der Waals surface area contributed by atoms with Crippen molar-refractivity contribution in [1.82, 2.24) is 15.0 Å². The van der Waals surface area contributed by atoms with Crippen LogP contribution in [0, 0.1) is 0 Å². The van der Waals surface area contributed by atoms with Crippen LogP contribution in [-0.2, 0) is 0 Å². The van der Waals surface area contributed by atoms with Gasteiger partial charge in [0, 0.05) is 39.6 Å². The monoisotopic (exact) mass is 295 g/mol. The summed E-state index contributed by atoms with van der Waals surface area (Å²) >= 11 is 0. The molecule has 0 saturated heterocycles. The number of hydrogen-bond acceptors (Lipinski definition) is 2. The van der Waals surface area contributed by atoms with E-state index in [1.165, 1.54) is 10.8 Å². The maximum absolute atomic E-state index is 4.63. The van der Waals surface area contributed by atoms with E-state index in [4.69, 9.17) is 0 Å². The lowest BCUT2D eigenvalue weighted by molar-refractivity contribution is 1.34. The zero-order chi connectivity index (χ0) is 15.2. The van der Waals surface area contributed by atoms with E-state index < -0.39 is 0 Å². The maximum atomic E-state index is 4.63.